The lowest BCUT2D eigenvalue weighted by Gasteiger charge is -2.19. The molecule has 1 aromatic heterocycles. The summed E-state index contributed by atoms with van der Waals surface area (Å²) in [5.74, 6) is 1.48. The molecule has 3 nitrogen and oxygen atoms in total. The second-order valence-corrected chi connectivity index (χ2v) is 7.14. The molecule has 3 heteroatoms. The maximum absolute atomic E-state index is 4.83. The molecule has 1 aliphatic carbocycles. The van der Waals surface area contributed by atoms with Gasteiger partial charge in [0.25, 0.3) is 0 Å². The van der Waals surface area contributed by atoms with Gasteiger partial charge in [0, 0.05) is 12.2 Å². The van der Waals surface area contributed by atoms with Gasteiger partial charge >= 0.3 is 0 Å². The largest absolute Gasteiger partial charge is 0.314 e. The fourth-order valence-corrected chi connectivity index (χ4v) is 3.17. The maximum Gasteiger partial charge on any atom is 0.0627 e. The van der Waals surface area contributed by atoms with E-state index < -0.39 is 0 Å². The Morgan fingerprint density at radius 1 is 1.29 bits per heavy atom. The Kier molecular flexibility index (Phi) is 6.28. The lowest BCUT2D eigenvalue weighted by atomic mass is 9.93. The number of nitrogens with zero attached hydrogens (tertiary/aromatic N) is 2. The highest BCUT2D eigenvalue weighted by atomic mass is 15.3. The molecular weight excluding hydrogens is 258 g/mol. The van der Waals surface area contributed by atoms with Crippen LogP contribution in [0.5, 0.6) is 0 Å². The van der Waals surface area contributed by atoms with Gasteiger partial charge in [0.1, 0.15) is 0 Å². The van der Waals surface area contributed by atoms with Crippen LogP contribution in [0, 0.1) is 11.8 Å². The highest BCUT2D eigenvalue weighted by Gasteiger charge is 2.22. The molecule has 21 heavy (non-hydrogen) atoms. The van der Waals surface area contributed by atoms with Crippen LogP contribution in [0.1, 0.15) is 71.5 Å². The number of hydrogen-bond donors (Lipinski definition) is 1. The molecule has 1 unspecified atom stereocenters. The first kappa shape index (κ1) is 16.5. The van der Waals surface area contributed by atoms with Crippen molar-refractivity contribution in [2.75, 3.05) is 6.54 Å². The minimum Gasteiger partial charge on any atom is -0.314 e. The normalized spacial score (nSPS) is 16.9. The van der Waals surface area contributed by atoms with Crippen molar-refractivity contribution in [3.8, 4) is 0 Å². The molecule has 1 fully saturated rings. The lowest BCUT2D eigenvalue weighted by Crippen LogP contribution is -2.27. The molecule has 0 spiro atoms. The summed E-state index contributed by atoms with van der Waals surface area (Å²) in [7, 11) is 0. The van der Waals surface area contributed by atoms with Gasteiger partial charge < -0.3 is 5.32 Å². The molecule has 0 aromatic carbocycles. The minimum atomic E-state index is 0.562. The fourth-order valence-electron chi connectivity index (χ4n) is 3.17. The van der Waals surface area contributed by atoms with Crippen molar-refractivity contribution >= 4 is 0 Å². The van der Waals surface area contributed by atoms with E-state index in [0.29, 0.717) is 6.04 Å². The zero-order chi connectivity index (χ0) is 15.2. The van der Waals surface area contributed by atoms with Crippen LogP contribution in [0.25, 0.3) is 0 Å². The Balaban J connectivity index is 1.91. The number of nitrogens with one attached hydrogen (secondary N) is 1. The molecule has 1 saturated carbocycles. The Hall–Kier alpha value is -0.830. The molecule has 0 radical (unpaired) electrons. The van der Waals surface area contributed by atoms with E-state index in [1.807, 2.05) is 0 Å². The molecule has 1 aromatic rings. The summed E-state index contributed by atoms with van der Waals surface area (Å²) in [5.41, 5.74) is 1.27. The summed E-state index contributed by atoms with van der Waals surface area (Å²) in [4.78, 5) is 0. The van der Waals surface area contributed by atoms with Crippen LogP contribution >= 0.6 is 0 Å². The van der Waals surface area contributed by atoms with Gasteiger partial charge in [-0.25, -0.2) is 0 Å². The van der Waals surface area contributed by atoms with Gasteiger partial charge in [0.2, 0.25) is 0 Å². The van der Waals surface area contributed by atoms with Crippen molar-refractivity contribution in [3.63, 3.8) is 0 Å². The monoisotopic (exact) mass is 291 g/mol. The number of rotatable bonds is 10. The summed E-state index contributed by atoms with van der Waals surface area (Å²) < 4.78 is 2.18. The molecular formula is C18H33N3. The van der Waals surface area contributed by atoms with Crippen LogP contribution < -0.4 is 5.32 Å². The summed E-state index contributed by atoms with van der Waals surface area (Å²) >= 11 is 0. The van der Waals surface area contributed by atoms with E-state index in [-0.39, 0.29) is 0 Å². The maximum atomic E-state index is 4.83. The average Bonchev–Trinajstić information content (AvgIpc) is 3.17. The average molecular weight is 291 g/mol. The topological polar surface area (TPSA) is 29.9 Å². The molecule has 0 saturated heterocycles. The molecule has 0 bridgehead atoms. The summed E-state index contributed by atoms with van der Waals surface area (Å²) in [6, 6.07) is 3.59. The molecule has 1 aliphatic rings. The molecule has 1 N–H and O–H groups in total. The molecule has 1 atom stereocenters. The zero-order valence-electron chi connectivity index (χ0n) is 14.3. The first-order valence-corrected chi connectivity index (χ1v) is 8.89. The summed E-state index contributed by atoms with van der Waals surface area (Å²) in [6.07, 6.45) is 9.65. The Morgan fingerprint density at radius 3 is 2.57 bits per heavy atom. The Labute approximate surface area is 130 Å². The highest BCUT2D eigenvalue weighted by molar-refractivity contribution is 5.01. The van der Waals surface area contributed by atoms with Crippen LogP contribution in [-0.4, -0.2) is 22.4 Å². The number of hydrogen-bond acceptors (Lipinski definition) is 2. The van der Waals surface area contributed by atoms with Crippen LogP contribution in [0.3, 0.4) is 0 Å². The van der Waals surface area contributed by atoms with Crippen LogP contribution in [0.15, 0.2) is 12.3 Å². The Bertz CT molecular complexity index is 402. The van der Waals surface area contributed by atoms with Crippen molar-refractivity contribution in [3.05, 3.63) is 18.0 Å². The molecule has 0 aliphatic heterocycles. The molecule has 2 rings (SSSR count). The van der Waals surface area contributed by atoms with Gasteiger partial charge in [-0.3, -0.25) is 4.68 Å². The van der Waals surface area contributed by atoms with Gasteiger partial charge in [-0.2, -0.15) is 5.10 Å². The fraction of sp³-hybridized carbons (Fsp3) is 0.833. The van der Waals surface area contributed by atoms with Crippen LogP contribution in [0.4, 0.5) is 0 Å². The SMILES string of the molecule is CCC(CC)n1ccc(CC(CNC2CC2)CC(C)C)n1. The predicted molar refractivity (Wildman–Crippen MR) is 89.5 cm³/mol. The van der Waals surface area contributed by atoms with Crippen molar-refractivity contribution in [1.82, 2.24) is 15.1 Å². The first-order valence-electron chi connectivity index (χ1n) is 8.89. The van der Waals surface area contributed by atoms with Crippen molar-refractivity contribution in [2.24, 2.45) is 11.8 Å². The van der Waals surface area contributed by atoms with E-state index >= 15 is 0 Å². The smallest absolute Gasteiger partial charge is 0.0627 e. The summed E-state index contributed by atoms with van der Waals surface area (Å²) in [6.45, 7) is 10.3. The van der Waals surface area contributed by atoms with Gasteiger partial charge in [-0.15, -0.1) is 0 Å². The quantitative estimate of drug-likeness (QED) is 0.700. The van der Waals surface area contributed by atoms with Crippen molar-refractivity contribution < 1.29 is 0 Å². The molecule has 0 amide bonds. The van der Waals surface area contributed by atoms with E-state index in [4.69, 9.17) is 5.10 Å². The van der Waals surface area contributed by atoms with Crippen molar-refractivity contribution in [2.45, 2.75) is 78.3 Å². The summed E-state index contributed by atoms with van der Waals surface area (Å²) in [5, 5.41) is 8.53. The third-order valence-electron chi connectivity index (χ3n) is 4.56. The molecule has 1 heterocycles. The van der Waals surface area contributed by atoms with E-state index in [0.717, 1.165) is 43.7 Å². The zero-order valence-corrected chi connectivity index (χ0v) is 14.3. The number of aromatic nitrogens is 2. The third kappa shape index (κ3) is 5.46. The predicted octanol–water partition coefficient (Wildman–Crippen LogP) is 4.20. The van der Waals surface area contributed by atoms with Gasteiger partial charge in [0.05, 0.1) is 11.7 Å². The second-order valence-electron chi connectivity index (χ2n) is 7.14. The standard InChI is InChI=1S/C18H33N3/c1-5-18(6-2)21-10-9-17(20-21)12-15(11-14(3)4)13-19-16-7-8-16/h9-10,14-16,18-19H,5-8,11-13H2,1-4H3. The van der Waals surface area contributed by atoms with Crippen LogP contribution in [-0.2, 0) is 6.42 Å². The third-order valence-corrected chi connectivity index (χ3v) is 4.56. The second kappa shape index (κ2) is 7.98. The highest BCUT2D eigenvalue weighted by Crippen LogP contribution is 2.22. The van der Waals surface area contributed by atoms with E-state index in [2.05, 4.69) is 50.0 Å². The first-order chi connectivity index (χ1) is 10.1. The minimum absolute atomic E-state index is 0.562. The van der Waals surface area contributed by atoms with Gasteiger partial charge in [-0.05, 0) is 63.0 Å². The van der Waals surface area contributed by atoms with Crippen molar-refractivity contribution in [1.29, 1.82) is 0 Å². The van der Waals surface area contributed by atoms with Gasteiger partial charge in [-0.1, -0.05) is 27.7 Å². The van der Waals surface area contributed by atoms with Gasteiger partial charge in [0.15, 0.2) is 0 Å². The van der Waals surface area contributed by atoms with Crippen LogP contribution in [0.2, 0.25) is 0 Å². The van der Waals surface area contributed by atoms with E-state index in [9.17, 15) is 0 Å². The lowest BCUT2D eigenvalue weighted by molar-refractivity contribution is 0.375. The molecule has 120 valence electrons. The van der Waals surface area contributed by atoms with E-state index in [1.54, 1.807) is 0 Å². The van der Waals surface area contributed by atoms with E-state index in [1.165, 1.54) is 25.0 Å². The Morgan fingerprint density at radius 2 is 2.00 bits per heavy atom.